The van der Waals surface area contributed by atoms with E-state index in [0.717, 1.165) is 49.7 Å². The maximum absolute atomic E-state index is 10.6. The van der Waals surface area contributed by atoms with Crippen LogP contribution < -0.4 is 0 Å². The van der Waals surface area contributed by atoms with Crippen LogP contribution >= 0.6 is 0 Å². The fraction of sp³-hybridized carbons (Fsp3) is 0.533. The highest BCUT2D eigenvalue weighted by molar-refractivity contribution is 5.40. The van der Waals surface area contributed by atoms with Crippen molar-refractivity contribution in [1.29, 1.82) is 0 Å². The van der Waals surface area contributed by atoms with Gasteiger partial charge in [0.15, 0.2) is 0 Å². The Morgan fingerprint density at radius 1 is 1.00 bits per heavy atom. The Kier molecular flexibility index (Phi) is 2.61. The third-order valence-corrected chi connectivity index (χ3v) is 4.37. The number of rotatable bonds is 3. The molecule has 1 N–H and O–H groups in total. The van der Waals surface area contributed by atoms with Crippen molar-refractivity contribution in [3.05, 3.63) is 35.4 Å². The number of isocyanates is 1. The molecule has 0 unspecified atom stereocenters. The summed E-state index contributed by atoms with van der Waals surface area (Å²) in [4.78, 5) is 14.7. The molecule has 3 rings (SSSR count). The predicted molar refractivity (Wildman–Crippen MR) is 67.8 cm³/mol. The van der Waals surface area contributed by atoms with Crippen molar-refractivity contribution in [2.75, 3.05) is 0 Å². The molecule has 0 heterocycles. The molecule has 0 radical (unpaired) electrons. The van der Waals surface area contributed by atoms with Gasteiger partial charge in [0.1, 0.15) is 0 Å². The van der Waals surface area contributed by atoms with Crippen LogP contribution in [0, 0.1) is 0 Å². The maximum atomic E-state index is 10.6. The van der Waals surface area contributed by atoms with E-state index in [1.807, 2.05) is 24.3 Å². The Bertz CT molecular complexity index is 490. The van der Waals surface area contributed by atoms with Gasteiger partial charge in [-0.15, -0.1) is 0 Å². The van der Waals surface area contributed by atoms with Crippen LogP contribution in [0.3, 0.4) is 0 Å². The lowest BCUT2D eigenvalue weighted by Crippen LogP contribution is -2.19. The van der Waals surface area contributed by atoms with Gasteiger partial charge < -0.3 is 5.11 Å². The lowest BCUT2D eigenvalue weighted by Gasteiger charge is -2.23. The molecule has 3 nitrogen and oxygen atoms in total. The first-order valence-electron chi connectivity index (χ1n) is 6.61. The van der Waals surface area contributed by atoms with Gasteiger partial charge in [-0.05, 0) is 36.8 Å². The Labute approximate surface area is 107 Å². The van der Waals surface area contributed by atoms with E-state index in [9.17, 15) is 9.90 Å². The van der Waals surface area contributed by atoms with Gasteiger partial charge in [-0.1, -0.05) is 37.1 Å². The molecular formula is C15H17NO2. The molecule has 2 fully saturated rings. The van der Waals surface area contributed by atoms with E-state index in [2.05, 4.69) is 4.99 Å². The molecule has 0 aromatic heterocycles. The highest BCUT2D eigenvalue weighted by Crippen LogP contribution is 2.47. The van der Waals surface area contributed by atoms with Crippen LogP contribution in [0.25, 0.3) is 0 Å². The maximum Gasteiger partial charge on any atom is 0.235 e. The topological polar surface area (TPSA) is 49.7 Å². The minimum absolute atomic E-state index is 0.355. The van der Waals surface area contributed by atoms with E-state index < -0.39 is 5.60 Å². The van der Waals surface area contributed by atoms with Crippen molar-refractivity contribution in [2.24, 2.45) is 4.99 Å². The first-order chi connectivity index (χ1) is 8.69. The second-order valence-corrected chi connectivity index (χ2v) is 5.55. The molecule has 0 bridgehead atoms. The summed E-state index contributed by atoms with van der Waals surface area (Å²) in [5.74, 6) is 0. The Hall–Kier alpha value is -1.44. The van der Waals surface area contributed by atoms with Crippen molar-refractivity contribution in [3.8, 4) is 0 Å². The number of nitrogens with zero attached hydrogens (tertiary/aromatic N) is 1. The molecule has 1 aromatic rings. The van der Waals surface area contributed by atoms with Crippen molar-refractivity contribution < 1.29 is 9.90 Å². The first-order valence-corrected chi connectivity index (χ1v) is 6.61. The van der Waals surface area contributed by atoms with Crippen molar-refractivity contribution in [3.63, 3.8) is 0 Å². The second kappa shape index (κ2) is 4.04. The third-order valence-electron chi connectivity index (χ3n) is 4.37. The van der Waals surface area contributed by atoms with E-state index >= 15 is 0 Å². The number of benzene rings is 1. The molecular weight excluding hydrogens is 226 g/mol. The minimum atomic E-state index is -0.588. The Morgan fingerprint density at radius 2 is 1.56 bits per heavy atom. The van der Waals surface area contributed by atoms with Crippen LogP contribution in [0.15, 0.2) is 29.3 Å². The summed E-state index contributed by atoms with van der Waals surface area (Å²) in [7, 11) is 0. The quantitative estimate of drug-likeness (QED) is 0.655. The zero-order chi connectivity index (χ0) is 12.6. The summed E-state index contributed by atoms with van der Waals surface area (Å²) < 4.78 is 0. The van der Waals surface area contributed by atoms with E-state index in [-0.39, 0.29) is 5.54 Å². The smallest absolute Gasteiger partial charge is 0.235 e. The lowest BCUT2D eigenvalue weighted by atomic mass is 9.88. The summed E-state index contributed by atoms with van der Waals surface area (Å²) in [6.45, 7) is 0. The molecule has 18 heavy (non-hydrogen) atoms. The van der Waals surface area contributed by atoms with E-state index in [4.69, 9.17) is 0 Å². The van der Waals surface area contributed by atoms with E-state index in [1.54, 1.807) is 6.08 Å². The molecule has 0 atom stereocenters. The monoisotopic (exact) mass is 243 g/mol. The van der Waals surface area contributed by atoms with Gasteiger partial charge in [-0.2, -0.15) is 4.99 Å². The van der Waals surface area contributed by atoms with Crippen LogP contribution in [0.5, 0.6) is 0 Å². The van der Waals surface area contributed by atoms with Gasteiger partial charge in [0.05, 0.1) is 11.1 Å². The lowest BCUT2D eigenvalue weighted by molar-refractivity contribution is 0.151. The first kappa shape index (κ1) is 11.6. The fourth-order valence-corrected chi connectivity index (χ4v) is 3.01. The summed E-state index contributed by atoms with van der Waals surface area (Å²) >= 11 is 0. The van der Waals surface area contributed by atoms with Gasteiger partial charge in [0.25, 0.3) is 0 Å². The van der Waals surface area contributed by atoms with Crippen LogP contribution in [0.4, 0.5) is 0 Å². The molecule has 2 aliphatic carbocycles. The van der Waals surface area contributed by atoms with Gasteiger partial charge in [0.2, 0.25) is 6.08 Å². The molecule has 2 saturated carbocycles. The number of hydrogen-bond donors (Lipinski definition) is 1. The van der Waals surface area contributed by atoms with Crippen molar-refractivity contribution in [2.45, 2.75) is 49.7 Å². The van der Waals surface area contributed by atoms with Crippen molar-refractivity contribution >= 4 is 6.08 Å². The average molecular weight is 243 g/mol. The van der Waals surface area contributed by atoms with Crippen LogP contribution in [0.1, 0.15) is 49.7 Å². The highest BCUT2D eigenvalue weighted by atomic mass is 16.3. The van der Waals surface area contributed by atoms with Gasteiger partial charge in [0, 0.05) is 0 Å². The standard InChI is InChI=1S/C15H17NO2/c17-11-16-14(7-1-2-8-14)12-3-5-13(6-4-12)15(18)9-10-15/h3-6,18H,1-2,7-10H2. The van der Waals surface area contributed by atoms with Crippen LogP contribution in [-0.4, -0.2) is 11.2 Å². The van der Waals surface area contributed by atoms with E-state index in [0.29, 0.717) is 0 Å². The van der Waals surface area contributed by atoms with Crippen LogP contribution in [-0.2, 0) is 15.9 Å². The summed E-state index contributed by atoms with van der Waals surface area (Å²) in [5.41, 5.74) is 1.12. The normalized spacial score (nSPS) is 23.4. The summed E-state index contributed by atoms with van der Waals surface area (Å²) in [5, 5.41) is 10.0. The van der Waals surface area contributed by atoms with Gasteiger partial charge in [-0.3, -0.25) is 0 Å². The highest BCUT2D eigenvalue weighted by Gasteiger charge is 2.42. The molecule has 1 aromatic carbocycles. The Morgan fingerprint density at radius 3 is 2.06 bits per heavy atom. The number of aliphatic imine (C=N–C) groups is 1. The number of aliphatic hydroxyl groups is 1. The number of carbonyl (C=O) groups excluding carboxylic acids is 1. The molecule has 0 amide bonds. The number of hydrogen-bond acceptors (Lipinski definition) is 3. The minimum Gasteiger partial charge on any atom is -0.385 e. The summed E-state index contributed by atoms with van der Waals surface area (Å²) in [6.07, 6.45) is 7.50. The molecule has 94 valence electrons. The molecule has 3 heteroatoms. The van der Waals surface area contributed by atoms with Gasteiger partial charge in [-0.25, -0.2) is 4.79 Å². The zero-order valence-electron chi connectivity index (χ0n) is 10.4. The second-order valence-electron chi connectivity index (χ2n) is 5.55. The molecule has 0 saturated heterocycles. The van der Waals surface area contributed by atoms with Crippen LogP contribution in [0.2, 0.25) is 0 Å². The predicted octanol–water partition coefficient (Wildman–Crippen LogP) is 2.77. The molecule has 0 spiro atoms. The third kappa shape index (κ3) is 1.80. The molecule has 2 aliphatic rings. The fourth-order valence-electron chi connectivity index (χ4n) is 3.01. The molecule has 0 aliphatic heterocycles. The Balaban J connectivity index is 1.93. The SMILES string of the molecule is O=C=NC1(c2ccc(C3(O)CC3)cc2)CCCC1. The van der Waals surface area contributed by atoms with Gasteiger partial charge >= 0.3 is 0 Å². The average Bonchev–Trinajstić information content (AvgIpc) is 2.97. The summed E-state index contributed by atoms with van der Waals surface area (Å²) in [6, 6.07) is 7.97. The zero-order valence-corrected chi connectivity index (χ0v) is 10.4. The largest absolute Gasteiger partial charge is 0.385 e. The van der Waals surface area contributed by atoms with E-state index in [1.165, 1.54) is 0 Å². The van der Waals surface area contributed by atoms with Crippen molar-refractivity contribution in [1.82, 2.24) is 0 Å².